The minimum absolute atomic E-state index is 0.577. The Morgan fingerprint density at radius 3 is 3.00 bits per heavy atom. The third-order valence-electron chi connectivity index (χ3n) is 1.91. The predicted octanol–water partition coefficient (Wildman–Crippen LogP) is 1.57. The second-order valence-corrected chi connectivity index (χ2v) is 3.26. The van der Waals surface area contributed by atoms with Gasteiger partial charge in [0.15, 0.2) is 0 Å². The summed E-state index contributed by atoms with van der Waals surface area (Å²) in [5.74, 6) is 1.53. The minimum atomic E-state index is 0.577. The first kappa shape index (κ1) is 9.51. The highest BCUT2D eigenvalue weighted by Gasteiger charge is 2.00. The van der Waals surface area contributed by atoms with Gasteiger partial charge in [0.2, 0.25) is 0 Å². The maximum atomic E-state index is 5.62. The maximum Gasteiger partial charge on any atom is 0.133 e. The summed E-state index contributed by atoms with van der Waals surface area (Å²) in [6, 6.07) is 5.39. The van der Waals surface area contributed by atoms with Gasteiger partial charge in [-0.2, -0.15) is 0 Å². The van der Waals surface area contributed by atoms with E-state index in [1.807, 2.05) is 13.0 Å². The molecule has 0 unspecified atom stereocenters. The van der Waals surface area contributed by atoms with Gasteiger partial charge in [-0.1, -0.05) is 5.16 Å². The average Bonchev–Trinajstić information content (AvgIpc) is 2.62. The highest BCUT2D eigenvalue weighted by molar-refractivity contribution is 5.48. The van der Waals surface area contributed by atoms with Crippen LogP contribution in [0.5, 0.6) is 0 Å². The van der Waals surface area contributed by atoms with Crippen molar-refractivity contribution in [3.05, 3.63) is 35.9 Å². The molecule has 0 aromatic carbocycles. The average molecular weight is 204 g/mol. The van der Waals surface area contributed by atoms with Crippen LogP contribution < -0.4 is 11.1 Å². The summed E-state index contributed by atoms with van der Waals surface area (Å²) in [5, 5.41) is 6.96. The molecular weight excluding hydrogens is 192 g/mol. The van der Waals surface area contributed by atoms with E-state index >= 15 is 0 Å². The molecule has 0 saturated heterocycles. The van der Waals surface area contributed by atoms with E-state index in [1.54, 1.807) is 18.3 Å². The number of anilines is 2. The Hall–Kier alpha value is -2.04. The van der Waals surface area contributed by atoms with Gasteiger partial charge in [-0.15, -0.1) is 0 Å². The normalized spacial score (nSPS) is 10.2. The van der Waals surface area contributed by atoms with Gasteiger partial charge in [0.1, 0.15) is 17.3 Å². The zero-order valence-corrected chi connectivity index (χ0v) is 8.40. The van der Waals surface area contributed by atoms with Gasteiger partial charge in [-0.05, 0) is 13.0 Å². The molecule has 2 rings (SSSR count). The first-order chi connectivity index (χ1) is 7.24. The Labute approximate surface area is 87.3 Å². The molecular formula is C10H12N4O. The topological polar surface area (TPSA) is 77.0 Å². The fourth-order valence-corrected chi connectivity index (χ4v) is 1.23. The molecule has 0 aliphatic carbocycles. The lowest BCUT2D eigenvalue weighted by Gasteiger charge is -2.02. The first-order valence-corrected chi connectivity index (χ1v) is 4.61. The summed E-state index contributed by atoms with van der Waals surface area (Å²) in [6.07, 6.45) is 1.66. The van der Waals surface area contributed by atoms with Crippen LogP contribution in [0.3, 0.4) is 0 Å². The van der Waals surface area contributed by atoms with Gasteiger partial charge >= 0.3 is 0 Å². The molecule has 5 heteroatoms. The summed E-state index contributed by atoms with van der Waals surface area (Å²) >= 11 is 0. The van der Waals surface area contributed by atoms with Crippen molar-refractivity contribution in [1.29, 1.82) is 0 Å². The molecule has 0 aliphatic rings. The number of nitrogens with zero attached hydrogens (tertiary/aromatic N) is 2. The fraction of sp³-hybridized carbons (Fsp3) is 0.200. The van der Waals surface area contributed by atoms with Crippen LogP contribution in [0.2, 0.25) is 0 Å². The predicted molar refractivity (Wildman–Crippen MR) is 57.2 cm³/mol. The largest absolute Gasteiger partial charge is 0.399 e. The number of nitrogen functional groups attached to an aromatic ring is 1. The van der Waals surface area contributed by atoms with Crippen molar-refractivity contribution >= 4 is 11.5 Å². The molecule has 0 fully saturated rings. The SMILES string of the molecule is Cc1cc(CNc2cc(N)ccn2)no1. The van der Waals surface area contributed by atoms with Crippen molar-refractivity contribution in [1.82, 2.24) is 10.1 Å². The highest BCUT2D eigenvalue weighted by atomic mass is 16.5. The molecule has 0 radical (unpaired) electrons. The highest BCUT2D eigenvalue weighted by Crippen LogP contribution is 2.09. The lowest BCUT2D eigenvalue weighted by atomic mass is 10.3. The first-order valence-electron chi connectivity index (χ1n) is 4.61. The van der Waals surface area contributed by atoms with Crippen molar-refractivity contribution < 1.29 is 4.52 Å². The smallest absolute Gasteiger partial charge is 0.133 e. The molecule has 0 saturated carbocycles. The second-order valence-electron chi connectivity index (χ2n) is 3.26. The van der Waals surface area contributed by atoms with E-state index in [0.29, 0.717) is 12.2 Å². The summed E-state index contributed by atoms with van der Waals surface area (Å²) in [7, 11) is 0. The second kappa shape index (κ2) is 4.00. The molecule has 2 heterocycles. The van der Waals surface area contributed by atoms with Crippen LogP contribution in [0.15, 0.2) is 28.9 Å². The van der Waals surface area contributed by atoms with E-state index in [1.165, 1.54) is 0 Å². The molecule has 0 aliphatic heterocycles. The number of hydrogen-bond acceptors (Lipinski definition) is 5. The summed E-state index contributed by atoms with van der Waals surface area (Å²) in [6.45, 7) is 2.43. The van der Waals surface area contributed by atoms with Crippen LogP contribution in [0.25, 0.3) is 0 Å². The van der Waals surface area contributed by atoms with Crippen molar-refractivity contribution in [3.8, 4) is 0 Å². The van der Waals surface area contributed by atoms with E-state index < -0.39 is 0 Å². The summed E-state index contributed by atoms with van der Waals surface area (Å²) in [4.78, 5) is 4.11. The lowest BCUT2D eigenvalue weighted by Crippen LogP contribution is -2.01. The number of aryl methyl sites for hydroxylation is 1. The quantitative estimate of drug-likeness (QED) is 0.793. The van der Waals surface area contributed by atoms with Crippen LogP contribution in [0, 0.1) is 6.92 Å². The third kappa shape index (κ3) is 2.46. The van der Waals surface area contributed by atoms with Crippen LogP contribution >= 0.6 is 0 Å². The molecule has 0 amide bonds. The Bertz CT molecular complexity index is 452. The summed E-state index contributed by atoms with van der Waals surface area (Å²) < 4.78 is 4.94. The third-order valence-corrected chi connectivity index (χ3v) is 1.91. The molecule has 0 bridgehead atoms. The Morgan fingerprint density at radius 1 is 1.47 bits per heavy atom. The number of rotatable bonds is 3. The van der Waals surface area contributed by atoms with Crippen LogP contribution in [0.1, 0.15) is 11.5 Å². The monoisotopic (exact) mass is 204 g/mol. The molecule has 15 heavy (non-hydrogen) atoms. The van der Waals surface area contributed by atoms with Crippen LogP contribution in [-0.4, -0.2) is 10.1 Å². The molecule has 2 aromatic heterocycles. The Balaban J connectivity index is 1.99. The number of hydrogen-bond donors (Lipinski definition) is 2. The van der Waals surface area contributed by atoms with Gasteiger partial charge < -0.3 is 15.6 Å². The van der Waals surface area contributed by atoms with Crippen molar-refractivity contribution in [3.63, 3.8) is 0 Å². The number of pyridine rings is 1. The minimum Gasteiger partial charge on any atom is -0.399 e. The van der Waals surface area contributed by atoms with E-state index in [2.05, 4.69) is 15.5 Å². The van der Waals surface area contributed by atoms with Crippen molar-refractivity contribution in [2.75, 3.05) is 11.1 Å². The molecule has 2 aromatic rings. The Morgan fingerprint density at radius 2 is 2.33 bits per heavy atom. The number of nitrogens with two attached hydrogens (primary N) is 1. The zero-order valence-electron chi connectivity index (χ0n) is 8.40. The van der Waals surface area contributed by atoms with E-state index in [9.17, 15) is 0 Å². The molecule has 5 nitrogen and oxygen atoms in total. The molecule has 0 atom stereocenters. The molecule has 0 spiro atoms. The van der Waals surface area contributed by atoms with Crippen molar-refractivity contribution in [2.45, 2.75) is 13.5 Å². The van der Waals surface area contributed by atoms with Crippen LogP contribution in [-0.2, 0) is 6.54 Å². The zero-order chi connectivity index (χ0) is 10.7. The number of nitrogens with one attached hydrogen (secondary N) is 1. The van der Waals surface area contributed by atoms with Gasteiger partial charge in [0.05, 0.1) is 6.54 Å². The number of aromatic nitrogens is 2. The van der Waals surface area contributed by atoms with Crippen LogP contribution in [0.4, 0.5) is 11.5 Å². The van der Waals surface area contributed by atoms with Crippen molar-refractivity contribution in [2.24, 2.45) is 0 Å². The molecule has 78 valence electrons. The Kier molecular flexibility index (Phi) is 2.53. The maximum absolute atomic E-state index is 5.62. The lowest BCUT2D eigenvalue weighted by molar-refractivity contribution is 0.391. The van der Waals surface area contributed by atoms with Gasteiger partial charge in [-0.25, -0.2) is 4.98 Å². The summed E-state index contributed by atoms with van der Waals surface area (Å²) in [5.41, 5.74) is 7.15. The van der Waals surface area contributed by atoms with Gasteiger partial charge in [-0.3, -0.25) is 0 Å². The van der Waals surface area contributed by atoms with E-state index in [-0.39, 0.29) is 0 Å². The van der Waals surface area contributed by atoms with Gasteiger partial charge in [0, 0.05) is 24.0 Å². The van der Waals surface area contributed by atoms with Gasteiger partial charge in [0.25, 0.3) is 0 Å². The fourth-order valence-electron chi connectivity index (χ4n) is 1.23. The van der Waals surface area contributed by atoms with E-state index in [4.69, 9.17) is 10.3 Å². The van der Waals surface area contributed by atoms with E-state index in [0.717, 1.165) is 17.3 Å². The molecule has 3 N–H and O–H groups in total. The standard InChI is InChI=1S/C10H12N4O/c1-7-4-9(14-15-7)6-13-10-5-8(11)2-3-12-10/h2-5H,6H2,1H3,(H3,11,12,13).